The molecule has 0 aromatic heterocycles. The number of halogens is 2. The van der Waals surface area contributed by atoms with Crippen LogP contribution in [0.1, 0.15) is 5.56 Å². The first-order valence-corrected chi connectivity index (χ1v) is 8.77. The first-order valence-electron chi connectivity index (χ1n) is 8.01. The molecule has 0 aliphatic rings. The van der Waals surface area contributed by atoms with E-state index in [1.165, 1.54) is 6.07 Å². The zero-order chi connectivity index (χ0) is 19.6. The zero-order valence-corrected chi connectivity index (χ0v) is 15.7. The van der Waals surface area contributed by atoms with E-state index in [0.29, 0.717) is 22.3 Å². The third-order valence-corrected chi connectivity index (χ3v) is 3.92. The molecule has 0 bridgehead atoms. The molecular weight excluding hydrogens is 391 g/mol. The van der Waals surface area contributed by atoms with Crippen molar-refractivity contribution in [1.82, 2.24) is 16.0 Å². The predicted octanol–water partition coefficient (Wildman–Crippen LogP) is 2.55. The molecule has 27 heavy (non-hydrogen) atoms. The second-order valence-electron chi connectivity index (χ2n) is 5.47. The number of benzene rings is 2. The molecule has 9 heteroatoms. The summed E-state index contributed by atoms with van der Waals surface area (Å²) in [4.78, 5) is 35.2. The van der Waals surface area contributed by atoms with Gasteiger partial charge in [0.15, 0.2) is 0 Å². The van der Waals surface area contributed by atoms with Gasteiger partial charge < -0.3 is 21.3 Å². The van der Waals surface area contributed by atoms with E-state index < -0.39 is 17.8 Å². The van der Waals surface area contributed by atoms with Crippen LogP contribution >= 0.6 is 23.2 Å². The van der Waals surface area contributed by atoms with E-state index in [2.05, 4.69) is 21.3 Å². The summed E-state index contributed by atoms with van der Waals surface area (Å²) >= 11 is 11.8. The van der Waals surface area contributed by atoms with Gasteiger partial charge in [-0.1, -0.05) is 53.5 Å². The van der Waals surface area contributed by atoms with Crippen LogP contribution in [0.15, 0.2) is 48.5 Å². The number of carbonyl (C=O) groups excluding carboxylic acids is 3. The fraction of sp³-hybridized carbons (Fsp3) is 0.167. The lowest BCUT2D eigenvalue weighted by molar-refractivity contribution is -0.123. The van der Waals surface area contributed by atoms with Crippen molar-refractivity contribution in [3.63, 3.8) is 0 Å². The molecule has 4 amide bonds. The summed E-state index contributed by atoms with van der Waals surface area (Å²) in [5.74, 6) is -0.974. The van der Waals surface area contributed by atoms with Crippen LogP contribution < -0.4 is 21.3 Å². The van der Waals surface area contributed by atoms with Crippen molar-refractivity contribution in [2.24, 2.45) is 0 Å². The Morgan fingerprint density at radius 1 is 0.815 bits per heavy atom. The van der Waals surface area contributed by atoms with Gasteiger partial charge in [-0.15, -0.1) is 0 Å². The minimum Gasteiger partial charge on any atom is -0.345 e. The molecule has 2 aromatic rings. The summed E-state index contributed by atoms with van der Waals surface area (Å²) in [6, 6.07) is 13.5. The van der Waals surface area contributed by atoms with Crippen LogP contribution in [0.2, 0.25) is 10.0 Å². The van der Waals surface area contributed by atoms with Crippen molar-refractivity contribution in [1.29, 1.82) is 0 Å². The highest BCUT2D eigenvalue weighted by atomic mass is 35.5. The van der Waals surface area contributed by atoms with Crippen molar-refractivity contribution in [2.75, 3.05) is 18.4 Å². The Kier molecular flexibility index (Phi) is 7.91. The summed E-state index contributed by atoms with van der Waals surface area (Å²) in [7, 11) is 0. The number of rotatable bonds is 7. The van der Waals surface area contributed by atoms with Crippen molar-refractivity contribution in [2.45, 2.75) is 6.54 Å². The van der Waals surface area contributed by atoms with Gasteiger partial charge >= 0.3 is 6.03 Å². The average molecular weight is 409 g/mol. The van der Waals surface area contributed by atoms with E-state index in [1.54, 1.807) is 12.1 Å². The first kappa shape index (κ1) is 20.5. The lowest BCUT2D eigenvalue weighted by Crippen LogP contribution is -2.43. The number of anilines is 1. The van der Waals surface area contributed by atoms with Crippen molar-refractivity contribution >= 4 is 46.7 Å². The van der Waals surface area contributed by atoms with Gasteiger partial charge in [-0.05, 0) is 23.8 Å². The Hall–Kier alpha value is -2.77. The number of nitrogens with one attached hydrogen (secondary N) is 4. The highest BCUT2D eigenvalue weighted by Crippen LogP contribution is 2.25. The summed E-state index contributed by atoms with van der Waals surface area (Å²) in [5, 5.41) is 10.7. The van der Waals surface area contributed by atoms with E-state index in [4.69, 9.17) is 23.2 Å². The summed E-state index contributed by atoms with van der Waals surface area (Å²) in [6.07, 6.45) is 0. The third kappa shape index (κ3) is 7.55. The van der Waals surface area contributed by atoms with Gasteiger partial charge in [0.05, 0.1) is 23.8 Å². The Morgan fingerprint density at radius 2 is 1.52 bits per heavy atom. The number of hydrogen-bond acceptors (Lipinski definition) is 3. The third-order valence-electron chi connectivity index (χ3n) is 3.35. The van der Waals surface area contributed by atoms with Crippen LogP contribution in [0.25, 0.3) is 0 Å². The van der Waals surface area contributed by atoms with Crippen LogP contribution in [0.4, 0.5) is 10.5 Å². The number of hydrogen-bond donors (Lipinski definition) is 4. The van der Waals surface area contributed by atoms with E-state index >= 15 is 0 Å². The molecule has 0 aliphatic carbocycles. The highest BCUT2D eigenvalue weighted by Gasteiger charge is 2.09. The SMILES string of the molecule is O=C(CNC(=O)NCc1ccccc1)NCC(=O)Nc1cc(Cl)ccc1Cl. The molecular formula is C18H18Cl2N4O3. The van der Waals surface area contributed by atoms with Crippen molar-refractivity contribution in [3.8, 4) is 0 Å². The number of carbonyl (C=O) groups is 3. The molecule has 2 rings (SSSR count). The highest BCUT2D eigenvalue weighted by molar-refractivity contribution is 6.35. The minimum atomic E-state index is -0.503. The van der Waals surface area contributed by atoms with Gasteiger partial charge in [0.2, 0.25) is 11.8 Å². The molecule has 142 valence electrons. The smallest absolute Gasteiger partial charge is 0.315 e. The zero-order valence-electron chi connectivity index (χ0n) is 14.2. The molecule has 0 aliphatic heterocycles. The molecule has 0 heterocycles. The normalized spacial score (nSPS) is 10.0. The standard InChI is InChI=1S/C18H18Cl2N4O3/c19-13-6-7-14(20)15(8-13)24-17(26)11-21-16(25)10-23-18(27)22-9-12-4-2-1-3-5-12/h1-8H,9-11H2,(H,21,25)(H,24,26)(H2,22,23,27). The summed E-state index contributed by atoms with van der Waals surface area (Å²) < 4.78 is 0. The first-order chi connectivity index (χ1) is 12.9. The molecule has 0 saturated carbocycles. The van der Waals surface area contributed by atoms with Gasteiger partial charge in [0.1, 0.15) is 0 Å². The molecule has 7 nitrogen and oxygen atoms in total. The largest absolute Gasteiger partial charge is 0.345 e. The predicted molar refractivity (Wildman–Crippen MR) is 105 cm³/mol. The molecule has 0 unspecified atom stereocenters. The lowest BCUT2D eigenvalue weighted by Gasteiger charge is -2.10. The van der Waals surface area contributed by atoms with E-state index in [-0.39, 0.29) is 13.1 Å². The minimum absolute atomic E-state index is 0.258. The van der Waals surface area contributed by atoms with E-state index in [9.17, 15) is 14.4 Å². The fourth-order valence-electron chi connectivity index (χ4n) is 2.03. The van der Waals surface area contributed by atoms with Crippen LogP contribution in [0, 0.1) is 0 Å². The van der Waals surface area contributed by atoms with Crippen LogP contribution in [-0.4, -0.2) is 30.9 Å². The van der Waals surface area contributed by atoms with Crippen LogP contribution in [0.3, 0.4) is 0 Å². The van der Waals surface area contributed by atoms with Crippen LogP contribution in [-0.2, 0) is 16.1 Å². The van der Waals surface area contributed by atoms with Gasteiger partial charge in [-0.25, -0.2) is 4.79 Å². The monoisotopic (exact) mass is 408 g/mol. The van der Waals surface area contributed by atoms with Gasteiger partial charge in [0, 0.05) is 11.6 Å². The Bertz CT molecular complexity index is 816. The number of urea groups is 1. The summed E-state index contributed by atoms with van der Waals surface area (Å²) in [6.45, 7) is -0.183. The molecule has 4 N–H and O–H groups in total. The molecule has 0 radical (unpaired) electrons. The molecule has 0 fully saturated rings. The Morgan fingerprint density at radius 3 is 2.26 bits per heavy atom. The average Bonchev–Trinajstić information content (AvgIpc) is 2.66. The second kappa shape index (κ2) is 10.4. The van der Waals surface area contributed by atoms with E-state index in [0.717, 1.165) is 5.56 Å². The van der Waals surface area contributed by atoms with Gasteiger partial charge in [-0.3, -0.25) is 9.59 Å². The maximum atomic E-state index is 11.9. The molecule has 0 atom stereocenters. The fourth-order valence-corrected chi connectivity index (χ4v) is 2.37. The molecule has 0 saturated heterocycles. The van der Waals surface area contributed by atoms with E-state index in [1.807, 2.05) is 30.3 Å². The van der Waals surface area contributed by atoms with Crippen LogP contribution in [0.5, 0.6) is 0 Å². The topological polar surface area (TPSA) is 99.3 Å². The molecule has 0 spiro atoms. The maximum Gasteiger partial charge on any atom is 0.315 e. The summed E-state index contributed by atoms with van der Waals surface area (Å²) in [5.41, 5.74) is 1.29. The molecule has 2 aromatic carbocycles. The Labute approximate surface area is 166 Å². The maximum absolute atomic E-state index is 11.9. The lowest BCUT2D eigenvalue weighted by atomic mass is 10.2. The quantitative estimate of drug-likeness (QED) is 0.566. The van der Waals surface area contributed by atoms with Crippen molar-refractivity contribution < 1.29 is 14.4 Å². The Balaban J connectivity index is 1.65. The second-order valence-corrected chi connectivity index (χ2v) is 6.31. The number of amides is 4. The van der Waals surface area contributed by atoms with Gasteiger partial charge in [-0.2, -0.15) is 0 Å². The van der Waals surface area contributed by atoms with Gasteiger partial charge in [0.25, 0.3) is 0 Å². The van der Waals surface area contributed by atoms with Crippen molar-refractivity contribution in [3.05, 3.63) is 64.1 Å².